The van der Waals surface area contributed by atoms with E-state index >= 15 is 0 Å². The van der Waals surface area contributed by atoms with Gasteiger partial charge < -0.3 is 5.11 Å². The lowest BCUT2D eigenvalue weighted by Gasteiger charge is -2.06. The summed E-state index contributed by atoms with van der Waals surface area (Å²) in [6.45, 7) is 3.99. The summed E-state index contributed by atoms with van der Waals surface area (Å²) < 4.78 is 13.2. The molecule has 0 heterocycles. The van der Waals surface area contributed by atoms with Crippen molar-refractivity contribution in [3.8, 4) is 16.9 Å². The molecule has 0 unspecified atom stereocenters. The predicted octanol–water partition coefficient (Wildman–Crippen LogP) is 3.82. The van der Waals surface area contributed by atoms with Gasteiger partial charge in [-0.3, -0.25) is 0 Å². The Morgan fingerprint density at radius 3 is 1.94 bits per heavy atom. The lowest BCUT2D eigenvalue weighted by molar-refractivity contribution is 0.469. The van der Waals surface area contributed by atoms with Crippen molar-refractivity contribution in [1.29, 1.82) is 0 Å². The van der Waals surface area contributed by atoms with Crippen LogP contribution in [0.4, 0.5) is 4.39 Å². The minimum Gasteiger partial charge on any atom is -0.508 e. The second kappa shape index (κ2) is 3.97. The molecule has 0 fully saturated rings. The molecule has 2 heteroatoms. The summed E-state index contributed by atoms with van der Waals surface area (Å²) in [5.74, 6) is -0.469. The Labute approximate surface area is 94.2 Å². The third kappa shape index (κ3) is 2.22. The van der Waals surface area contributed by atoms with Crippen molar-refractivity contribution in [2.45, 2.75) is 13.8 Å². The van der Waals surface area contributed by atoms with Gasteiger partial charge in [-0.25, -0.2) is 4.39 Å². The van der Waals surface area contributed by atoms with Crippen LogP contribution < -0.4 is 0 Å². The SMILES string of the molecule is Cc1cc(C)cc(-c2cc(O)cc(F)c2)c1. The van der Waals surface area contributed by atoms with E-state index in [1.54, 1.807) is 6.07 Å². The van der Waals surface area contributed by atoms with Gasteiger partial charge in [0.15, 0.2) is 0 Å². The van der Waals surface area contributed by atoms with Crippen molar-refractivity contribution < 1.29 is 9.50 Å². The first-order valence-corrected chi connectivity index (χ1v) is 5.13. The molecule has 1 nitrogen and oxygen atoms in total. The quantitative estimate of drug-likeness (QED) is 0.768. The Hall–Kier alpha value is -1.83. The molecule has 2 aromatic carbocycles. The van der Waals surface area contributed by atoms with Crippen molar-refractivity contribution in [3.05, 3.63) is 53.3 Å². The zero-order valence-electron chi connectivity index (χ0n) is 9.29. The highest BCUT2D eigenvalue weighted by molar-refractivity contribution is 5.66. The molecule has 2 aromatic rings. The van der Waals surface area contributed by atoms with Gasteiger partial charge in [0.2, 0.25) is 0 Å². The predicted molar refractivity (Wildman–Crippen MR) is 63.0 cm³/mol. The molecule has 0 radical (unpaired) electrons. The van der Waals surface area contributed by atoms with Crippen LogP contribution in [0.2, 0.25) is 0 Å². The molecule has 0 aliphatic heterocycles. The van der Waals surface area contributed by atoms with Crippen LogP contribution in [-0.2, 0) is 0 Å². The average Bonchev–Trinajstić information content (AvgIpc) is 2.14. The zero-order valence-corrected chi connectivity index (χ0v) is 9.29. The number of rotatable bonds is 1. The fourth-order valence-electron chi connectivity index (χ4n) is 1.88. The van der Waals surface area contributed by atoms with E-state index in [0.717, 1.165) is 22.8 Å². The molecule has 0 spiro atoms. The van der Waals surface area contributed by atoms with Gasteiger partial charge in [-0.1, -0.05) is 29.3 Å². The number of phenols is 1. The molecule has 16 heavy (non-hydrogen) atoms. The van der Waals surface area contributed by atoms with Crippen molar-refractivity contribution in [2.24, 2.45) is 0 Å². The van der Waals surface area contributed by atoms with Crippen LogP contribution in [0.5, 0.6) is 5.75 Å². The Bertz CT molecular complexity index is 442. The van der Waals surface area contributed by atoms with Crippen LogP contribution in [0.25, 0.3) is 11.1 Å². The Morgan fingerprint density at radius 2 is 1.38 bits per heavy atom. The van der Waals surface area contributed by atoms with Gasteiger partial charge in [-0.05, 0) is 37.1 Å². The van der Waals surface area contributed by atoms with Gasteiger partial charge >= 0.3 is 0 Å². The maximum Gasteiger partial charge on any atom is 0.127 e. The second-order valence-electron chi connectivity index (χ2n) is 4.07. The maximum absolute atomic E-state index is 13.2. The lowest BCUT2D eigenvalue weighted by Crippen LogP contribution is -1.84. The molecule has 82 valence electrons. The number of hydrogen-bond donors (Lipinski definition) is 1. The van der Waals surface area contributed by atoms with Crippen molar-refractivity contribution in [1.82, 2.24) is 0 Å². The van der Waals surface area contributed by atoms with E-state index < -0.39 is 5.82 Å². The normalized spacial score (nSPS) is 10.4. The van der Waals surface area contributed by atoms with Gasteiger partial charge in [-0.15, -0.1) is 0 Å². The highest BCUT2D eigenvalue weighted by Crippen LogP contribution is 2.26. The molecule has 0 aliphatic rings. The third-order valence-corrected chi connectivity index (χ3v) is 2.44. The van der Waals surface area contributed by atoms with E-state index in [9.17, 15) is 9.50 Å². The lowest BCUT2D eigenvalue weighted by atomic mass is 10.0. The minimum absolute atomic E-state index is 0.0471. The Morgan fingerprint density at radius 1 is 0.812 bits per heavy atom. The highest BCUT2D eigenvalue weighted by atomic mass is 19.1. The molecule has 0 amide bonds. The first-order valence-electron chi connectivity index (χ1n) is 5.13. The maximum atomic E-state index is 13.2. The minimum atomic E-state index is -0.422. The smallest absolute Gasteiger partial charge is 0.127 e. The molecule has 0 aromatic heterocycles. The van der Waals surface area contributed by atoms with Gasteiger partial charge in [0.1, 0.15) is 11.6 Å². The fraction of sp³-hybridized carbons (Fsp3) is 0.143. The van der Waals surface area contributed by atoms with Crippen LogP contribution in [0, 0.1) is 19.7 Å². The van der Waals surface area contributed by atoms with E-state index in [0.29, 0.717) is 5.56 Å². The van der Waals surface area contributed by atoms with Crippen LogP contribution in [0.3, 0.4) is 0 Å². The van der Waals surface area contributed by atoms with Crippen LogP contribution in [0.15, 0.2) is 36.4 Å². The van der Waals surface area contributed by atoms with Gasteiger partial charge in [0, 0.05) is 6.07 Å². The van der Waals surface area contributed by atoms with Crippen molar-refractivity contribution in [3.63, 3.8) is 0 Å². The fourth-order valence-corrected chi connectivity index (χ4v) is 1.88. The molecule has 2 rings (SSSR count). The molecule has 0 saturated carbocycles. The number of phenolic OH excluding ortho intramolecular Hbond substituents is 1. The zero-order chi connectivity index (χ0) is 11.7. The molecular weight excluding hydrogens is 203 g/mol. The summed E-state index contributed by atoms with van der Waals surface area (Å²) >= 11 is 0. The van der Waals surface area contributed by atoms with Crippen molar-refractivity contribution in [2.75, 3.05) is 0 Å². The van der Waals surface area contributed by atoms with E-state index in [1.807, 2.05) is 26.0 Å². The number of hydrogen-bond acceptors (Lipinski definition) is 1. The first kappa shape index (κ1) is 10.7. The Balaban J connectivity index is 2.57. The van der Waals surface area contributed by atoms with Crippen molar-refractivity contribution >= 4 is 0 Å². The molecule has 0 bridgehead atoms. The monoisotopic (exact) mass is 216 g/mol. The summed E-state index contributed by atoms with van der Waals surface area (Å²) in [6.07, 6.45) is 0. The van der Waals surface area contributed by atoms with Crippen LogP contribution in [0.1, 0.15) is 11.1 Å². The topological polar surface area (TPSA) is 20.2 Å². The Kier molecular flexibility index (Phi) is 2.65. The summed E-state index contributed by atoms with van der Waals surface area (Å²) in [5.41, 5.74) is 3.87. The summed E-state index contributed by atoms with van der Waals surface area (Å²) in [6, 6.07) is 10.1. The summed E-state index contributed by atoms with van der Waals surface area (Å²) in [7, 11) is 0. The third-order valence-electron chi connectivity index (χ3n) is 2.44. The van der Waals surface area contributed by atoms with Gasteiger partial charge in [-0.2, -0.15) is 0 Å². The number of aryl methyl sites for hydroxylation is 2. The molecule has 0 aliphatic carbocycles. The first-order chi connectivity index (χ1) is 7.54. The number of halogens is 1. The second-order valence-corrected chi connectivity index (χ2v) is 4.07. The highest BCUT2D eigenvalue weighted by Gasteiger charge is 2.03. The van der Waals surface area contributed by atoms with Crippen LogP contribution in [-0.4, -0.2) is 5.11 Å². The summed E-state index contributed by atoms with van der Waals surface area (Å²) in [4.78, 5) is 0. The van der Waals surface area contributed by atoms with Gasteiger partial charge in [0.05, 0.1) is 0 Å². The standard InChI is InChI=1S/C14H13FO/c1-9-3-10(2)5-11(4-9)12-6-13(15)8-14(16)7-12/h3-8,16H,1-2H3. The largest absolute Gasteiger partial charge is 0.508 e. The molecular formula is C14H13FO. The van der Waals surface area contributed by atoms with E-state index in [-0.39, 0.29) is 5.75 Å². The van der Waals surface area contributed by atoms with E-state index in [4.69, 9.17) is 0 Å². The number of benzene rings is 2. The molecule has 0 atom stereocenters. The average molecular weight is 216 g/mol. The molecule has 1 N–H and O–H groups in total. The van der Waals surface area contributed by atoms with E-state index in [1.165, 1.54) is 6.07 Å². The summed E-state index contributed by atoms with van der Waals surface area (Å²) in [5, 5.41) is 9.35. The van der Waals surface area contributed by atoms with Gasteiger partial charge in [0.25, 0.3) is 0 Å². The number of aromatic hydroxyl groups is 1. The molecule has 0 saturated heterocycles. The van der Waals surface area contributed by atoms with Crippen LogP contribution >= 0.6 is 0 Å². The van der Waals surface area contributed by atoms with E-state index in [2.05, 4.69) is 6.07 Å².